The molecule has 0 spiro atoms. The standard InChI is InChI=1S/C14H21FN2O/c1-9(16)14-12(15)4-3-5-13(14)17-7-6-11(8-17)10(2)18/h3-5,9-11,18H,6-8,16H2,1-2H3/t9-,10?,11?/m0/s1. The van der Waals surface area contributed by atoms with E-state index in [4.69, 9.17) is 5.73 Å². The third-order valence-corrected chi connectivity index (χ3v) is 3.73. The molecule has 1 saturated heterocycles. The lowest BCUT2D eigenvalue weighted by atomic mass is 10.0. The second kappa shape index (κ2) is 5.24. The second-order valence-electron chi connectivity index (χ2n) is 5.20. The molecule has 3 nitrogen and oxygen atoms in total. The maximum absolute atomic E-state index is 13.9. The van der Waals surface area contributed by atoms with Gasteiger partial charge in [0.1, 0.15) is 5.82 Å². The van der Waals surface area contributed by atoms with Crippen molar-refractivity contribution in [1.82, 2.24) is 0 Å². The van der Waals surface area contributed by atoms with Crippen molar-refractivity contribution in [3.8, 4) is 0 Å². The van der Waals surface area contributed by atoms with Crippen LogP contribution in [0.25, 0.3) is 0 Å². The zero-order valence-electron chi connectivity index (χ0n) is 10.9. The Labute approximate surface area is 107 Å². The summed E-state index contributed by atoms with van der Waals surface area (Å²) in [7, 11) is 0. The monoisotopic (exact) mass is 252 g/mol. The number of rotatable bonds is 3. The van der Waals surface area contributed by atoms with Crippen LogP contribution in [0.3, 0.4) is 0 Å². The van der Waals surface area contributed by atoms with Crippen LogP contribution < -0.4 is 10.6 Å². The molecule has 1 heterocycles. The van der Waals surface area contributed by atoms with E-state index in [1.807, 2.05) is 13.0 Å². The number of hydrogen-bond donors (Lipinski definition) is 2. The summed E-state index contributed by atoms with van der Waals surface area (Å²) in [4.78, 5) is 2.12. The molecule has 2 unspecified atom stereocenters. The molecule has 2 rings (SSSR count). The first-order valence-electron chi connectivity index (χ1n) is 6.47. The van der Waals surface area contributed by atoms with E-state index in [1.165, 1.54) is 6.07 Å². The van der Waals surface area contributed by atoms with Crippen LogP contribution in [0.1, 0.15) is 31.9 Å². The Morgan fingerprint density at radius 1 is 1.44 bits per heavy atom. The molecule has 1 aromatic rings. The van der Waals surface area contributed by atoms with Crippen molar-refractivity contribution in [2.24, 2.45) is 11.7 Å². The lowest BCUT2D eigenvalue weighted by Gasteiger charge is -2.24. The molecule has 3 atom stereocenters. The van der Waals surface area contributed by atoms with Crippen LogP contribution in [0, 0.1) is 11.7 Å². The molecule has 1 aromatic carbocycles. The van der Waals surface area contributed by atoms with Gasteiger partial charge in [-0.2, -0.15) is 0 Å². The maximum Gasteiger partial charge on any atom is 0.130 e. The maximum atomic E-state index is 13.9. The average molecular weight is 252 g/mol. The molecule has 3 N–H and O–H groups in total. The Hall–Kier alpha value is -1.13. The van der Waals surface area contributed by atoms with Crippen LogP contribution in [0.2, 0.25) is 0 Å². The molecule has 1 aliphatic heterocycles. The predicted molar refractivity (Wildman–Crippen MR) is 71.0 cm³/mol. The number of anilines is 1. The molecule has 0 amide bonds. The van der Waals surface area contributed by atoms with Crippen molar-refractivity contribution in [3.05, 3.63) is 29.6 Å². The molecule has 18 heavy (non-hydrogen) atoms. The summed E-state index contributed by atoms with van der Waals surface area (Å²) in [6, 6.07) is 4.75. The lowest BCUT2D eigenvalue weighted by Crippen LogP contribution is -2.26. The number of halogens is 1. The van der Waals surface area contributed by atoms with E-state index >= 15 is 0 Å². The Morgan fingerprint density at radius 2 is 2.17 bits per heavy atom. The molecule has 0 radical (unpaired) electrons. The van der Waals surface area contributed by atoms with Gasteiger partial charge in [0.2, 0.25) is 0 Å². The first kappa shape index (κ1) is 13.3. The fourth-order valence-electron chi connectivity index (χ4n) is 2.65. The van der Waals surface area contributed by atoms with E-state index in [1.54, 1.807) is 13.0 Å². The quantitative estimate of drug-likeness (QED) is 0.865. The topological polar surface area (TPSA) is 49.5 Å². The van der Waals surface area contributed by atoms with Gasteiger partial charge in [-0.3, -0.25) is 0 Å². The average Bonchev–Trinajstić information content (AvgIpc) is 2.77. The Balaban J connectivity index is 2.27. The van der Waals surface area contributed by atoms with Gasteiger partial charge in [-0.1, -0.05) is 6.07 Å². The predicted octanol–water partition coefficient (Wildman–Crippen LogP) is 2.05. The van der Waals surface area contributed by atoms with Gasteiger partial charge in [0.15, 0.2) is 0 Å². The molecule has 0 saturated carbocycles. The first-order valence-corrected chi connectivity index (χ1v) is 6.47. The number of hydrogen-bond acceptors (Lipinski definition) is 3. The highest BCUT2D eigenvalue weighted by atomic mass is 19.1. The summed E-state index contributed by atoms with van der Waals surface area (Å²) in [6.45, 7) is 5.22. The Kier molecular flexibility index (Phi) is 3.88. The van der Waals surface area contributed by atoms with E-state index in [0.717, 1.165) is 25.2 Å². The number of benzene rings is 1. The van der Waals surface area contributed by atoms with Crippen molar-refractivity contribution >= 4 is 5.69 Å². The Bertz CT molecular complexity index is 420. The summed E-state index contributed by atoms with van der Waals surface area (Å²) in [6.07, 6.45) is 0.620. The SMILES string of the molecule is CC(O)C1CCN(c2cccc(F)c2[C@H](C)N)C1. The van der Waals surface area contributed by atoms with Crippen molar-refractivity contribution in [1.29, 1.82) is 0 Å². The van der Waals surface area contributed by atoms with E-state index in [9.17, 15) is 9.50 Å². The fourth-order valence-corrected chi connectivity index (χ4v) is 2.65. The van der Waals surface area contributed by atoms with Crippen LogP contribution in [0.5, 0.6) is 0 Å². The molecule has 1 fully saturated rings. The molecule has 0 aliphatic carbocycles. The fraction of sp³-hybridized carbons (Fsp3) is 0.571. The normalized spacial score (nSPS) is 23.2. The first-order chi connectivity index (χ1) is 8.50. The number of aliphatic hydroxyl groups excluding tert-OH is 1. The number of nitrogens with two attached hydrogens (primary N) is 1. The highest BCUT2D eigenvalue weighted by Crippen LogP contribution is 2.32. The lowest BCUT2D eigenvalue weighted by molar-refractivity contribution is 0.136. The molecule has 4 heteroatoms. The number of nitrogens with zero attached hydrogens (tertiary/aromatic N) is 1. The minimum Gasteiger partial charge on any atom is -0.393 e. The van der Waals surface area contributed by atoms with Crippen LogP contribution in [-0.4, -0.2) is 24.3 Å². The van der Waals surface area contributed by atoms with Crippen molar-refractivity contribution in [2.75, 3.05) is 18.0 Å². The van der Waals surface area contributed by atoms with Gasteiger partial charge in [-0.15, -0.1) is 0 Å². The van der Waals surface area contributed by atoms with Gasteiger partial charge in [0, 0.05) is 36.3 Å². The summed E-state index contributed by atoms with van der Waals surface area (Å²) >= 11 is 0. The van der Waals surface area contributed by atoms with Crippen LogP contribution in [0.4, 0.5) is 10.1 Å². The zero-order valence-corrected chi connectivity index (χ0v) is 10.9. The molecule has 1 aliphatic rings. The van der Waals surface area contributed by atoms with Crippen LogP contribution in [-0.2, 0) is 0 Å². The molecule has 100 valence electrons. The van der Waals surface area contributed by atoms with Gasteiger partial charge in [0.25, 0.3) is 0 Å². The van der Waals surface area contributed by atoms with Gasteiger partial charge < -0.3 is 15.7 Å². The highest BCUT2D eigenvalue weighted by molar-refractivity contribution is 5.56. The third-order valence-electron chi connectivity index (χ3n) is 3.73. The largest absolute Gasteiger partial charge is 0.393 e. The summed E-state index contributed by atoms with van der Waals surface area (Å²) in [5, 5.41) is 9.62. The molecular weight excluding hydrogens is 231 g/mol. The minimum atomic E-state index is -0.327. The third kappa shape index (κ3) is 2.49. The van der Waals surface area contributed by atoms with E-state index in [-0.39, 0.29) is 23.9 Å². The number of aliphatic hydroxyl groups is 1. The van der Waals surface area contributed by atoms with E-state index in [2.05, 4.69) is 4.90 Å². The van der Waals surface area contributed by atoms with Gasteiger partial charge in [-0.05, 0) is 32.4 Å². The van der Waals surface area contributed by atoms with Crippen LogP contribution >= 0.6 is 0 Å². The van der Waals surface area contributed by atoms with Crippen LogP contribution in [0.15, 0.2) is 18.2 Å². The van der Waals surface area contributed by atoms with E-state index < -0.39 is 0 Å². The molecular formula is C14H21FN2O. The van der Waals surface area contributed by atoms with E-state index in [0.29, 0.717) is 5.56 Å². The highest BCUT2D eigenvalue weighted by Gasteiger charge is 2.28. The summed E-state index contributed by atoms with van der Waals surface area (Å²) in [5.41, 5.74) is 7.30. The smallest absolute Gasteiger partial charge is 0.130 e. The van der Waals surface area contributed by atoms with Crippen molar-refractivity contribution in [2.45, 2.75) is 32.4 Å². The summed E-state index contributed by atoms with van der Waals surface area (Å²) < 4.78 is 13.9. The van der Waals surface area contributed by atoms with Gasteiger partial charge in [0.05, 0.1) is 6.10 Å². The Morgan fingerprint density at radius 3 is 2.72 bits per heavy atom. The van der Waals surface area contributed by atoms with Crippen molar-refractivity contribution < 1.29 is 9.50 Å². The summed E-state index contributed by atoms with van der Waals surface area (Å²) in [5.74, 6) is 0.0113. The second-order valence-corrected chi connectivity index (χ2v) is 5.20. The minimum absolute atomic E-state index is 0.247. The van der Waals surface area contributed by atoms with Gasteiger partial charge >= 0.3 is 0 Å². The molecule has 0 bridgehead atoms. The molecule has 0 aromatic heterocycles. The van der Waals surface area contributed by atoms with Gasteiger partial charge in [-0.25, -0.2) is 4.39 Å². The van der Waals surface area contributed by atoms with Crippen molar-refractivity contribution in [3.63, 3.8) is 0 Å². The zero-order chi connectivity index (χ0) is 13.3.